The van der Waals surface area contributed by atoms with Crippen LogP contribution in [0.15, 0.2) is 16.4 Å². The minimum Gasteiger partial charge on any atom is -0.357 e. The van der Waals surface area contributed by atoms with Crippen molar-refractivity contribution >= 4 is 41.3 Å². The van der Waals surface area contributed by atoms with Crippen LogP contribution >= 0.6 is 35.3 Å². The van der Waals surface area contributed by atoms with E-state index in [2.05, 4.69) is 38.9 Å². The average molecular weight is 434 g/mol. The first-order valence-electron chi connectivity index (χ1n) is 8.15. The molecule has 0 spiro atoms. The fourth-order valence-electron chi connectivity index (χ4n) is 2.69. The third-order valence-electron chi connectivity index (χ3n) is 4.16. The van der Waals surface area contributed by atoms with Crippen molar-refractivity contribution in [3.8, 4) is 0 Å². The number of nitrogens with one attached hydrogen (secondary N) is 2. The molecular weight excluding hydrogens is 407 g/mol. The summed E-state index contributed by atoms with van der Waals surface area (Å²) >= 11 is 1.91. The molecule has 2 aliphatic rings. The summed E-state index contributed by atoms with van der Waals surface area (Å²) in [5.74, 6) is 1.83. The molecule has 2 heterocycles. The zero-order valence-electron chi connectivity index (χ0n) is 13.3. The number of hydrogen-bond donors (Lipinski definition) is 2. The van der Waals surface area contributed by atoms with E-state index in [0.717, 1.165) is 44.6 Å². The molecule has 4 nitrogen and oxygen atoms in total. The van der Waals surface area contributed by atoms with Gasteiger partial charge in [-0.3, -0.25) is 9.89 Å². The summed E-state index contributed by atoms with van der Waals surface area (Å²) in [6.07, 6.45) is 3.93. The summed E-state index contributed by atoms with van der Waals surface area (Å²) in [4.78, 5) is 8.78. The van der Waals surface area contributed by atoms with Gasteiger partial charge in [-0.05, 0) is 49.1 Å². The molecule has 0 atom stereocenters. The molecule has 0 aromatic carbocycles. The Bertz CT molecular complexity index is 484. The van der Waals surface area contributed by atoms with E-state index in [1.165, 1.54) is 31.4 Å². The van der Waals surface area contributed by atoms with E-state index in [4.69, 9.17) is 0 Å². The molecule has 124 valence electrons. The predicted octanol–water partition coefficient (Wildman–Crippen LogP) is 2.69. The van der Waals surface area contributed by atoms with Crippen LogP contribution < -0.4 is 10.6 Å². The van der Waals surface area contributed by atoms with Crippen LogP contribution in [0.1, 0.15) is 30.2 Å². The first kappa shape index (κ1) is 18.0. The number of guanidine groups is 1. The van der Waals surface area contributed by atoms with Crippen molar-refractivity contribution in [2.75, 3.05) is 32.7 Å². The van der Waals surface area contributed by atoms with Gasteiger partial charge in [0.25, 0.3) is 0 Å². The van der Waals surface area contributed by atoms with E-state index >= 15 is 0 Å². The van der Waals surface area contributed by atoms with Crippen LogP contribution in [-0.4, -0.2) is 43.6 Å². The molecule has 0 radical (unpaired) electrons. The molecule has 1 saturated carbocycles. The SMILES string of the molecule is CCNC(=NCC1CC1)NCCN1CCc2sccc2C1.I. The highest BCUT2D eigenvalue weighted by Crippen LogP contribution is 2.28. The quantitative estimate of drug-likeness (QED) is 0.411. The van der Waals surface area contributed by atoms with Gasteiger partial charge in [-0.2, -0.15) is 0 Å². The summed E-state index contributed by atoms with van der Waals surface area (Å²) in [6, 6.07) is 2.28. The van der Waals surface area contributed by atoms with Crippen LogP contribution in [0.2, 0.25) is 0 Å². The first-order valence-corrected chi connectivity index (χ1v) is 9.03. The average Bonchev–Trinajstić information content (AvgIpc) is 3.20. The van der Waals surface area contributed by atoms with Gasteiger partial charge in [0.2, 0.25) is 0 Å². The molecular formula is C16H27IN4S. The Kier molecular flexibility index (Phi) is 7.43. The lowest BCUT2D eigenvalue weighted by Gasteiger charge is -2.27. The van der Waals surface area contributed by atoms with Crippen LogP contribution in [0, 0.1) is 5.92 Å². The molecule has 0 unspecified atom stereocenters. The van der Waals surface area contributed by atoms with Crippen molar-refractivity contribution in [3.63, 3.8) is 0 Å². The lowest BCUT2D eigenvalue weighted by Crippen LogP contribution is -2.42. The molecule has 6 heteroatoms. The Morgan fingerprint density at radius 3 is 3.05 bits per heavy atom. The minimum absolute atomic E-state index is 0. The lowest BCUT2D eigenvalue weighted by molar-refractivity contribution is 0.260. The van der Waals surface area contributed by atoms with E-state index in [1.807, 2.05) is 11.3 Å². The van der Waals surface area contributed by atoms with Gasteiger partial charge >= 0.3 is 0 Å². The minimum atomic E-state index is 0. The monoisotopic (exact) mass is 434 g/mol. The third-order valence-corrected chi connectivity index (χ3v) is 5.18. The predicted molar refractivity (Wildman–Crippen MR) is 105 cm³/mol. The Morgan fingerprint density at radius 1 is 1.41 bits per heavy atom. The number of nitrogens with zero attached hydrogens (tertiary/aromatic N) is 2. The zero-order chi connectivity index (χ0) is 14.5. The highest BCUT2D eigenvalue weighted by Gasteiger charge is 2.20. The molecule has 1 aromatic rings. The number of thiophene rings is 1. The van der Waals surface area contributed by atoms with Crippen molar-refractivity contribution in [1.82, 2.24) is 15.5 Å². The Hall–Kier alpha value is -0.340. The Balaban J connectivity index is 0.00000176. The lowest BCUT2D eigenvalue weighted by atomic mass is 10.1. The number of hydrogen-bond acceptors (Lipinski definition) is 3. The van der Waals surface area contributed by atoms with Crippen LogP contribution in [0.25, 0.3) is 0 Å². The third kappa shape index (κ3) is 5.38. The maximum Gasteiger partial charge on any atom is 0.191 e. The molecule has 0 amide bonds. The zero-order valence-corrected chi connectivity index (χ0v) is 16.5. The van der Waals surface area contributed by atoms with Crippen LogP contribution in [0.3, 0.4) is 0 Å². The van der Waals surface area contributed by atoms with Gasteiger partial charge in [0.1, 0.15) is 0 Å². The number of rotatable bonds is 6. The smallest absolute Gasteiger partial charge is 0.191 e. The van der Waals surface area contributed by atoms with Gasteiger partial charge in [0.05, 0.1) is 0 Å². The fraction of sp³-hybridized carbons (Fsp3) is 0.688. The molecule has 1 aromatic heterocycles. The summed E-state index contributed by atoms with van der Waals surface area (Å²) < 4.78 is 0. The molecule has 1 aliphatic heterocycles. The van der Waals surface area contributed by atoms with Crippen molar-refractivity contribution in [2.45, 2.75) is 32.7 Å². The van der Waals surface area contributed by atoms with Gasteiger partial charge in [-0.1, -0.05) is 0 Å². The van der Waals surface area contributed by atoms with Crippen LogP contribution in [0.4, 0.5) is 0 Å². The van der Waals surface area contributed by atoms with Crippen molar-refractivity contribution in [3.05, 3.63) is 21.9 Å². The molecule has 1 aliphatic carbocycles. The van der Waals surface area contributed by atoms with E-state index < -0.39 is 0 Å². The molecule has 1 fully saturated rings. The maximum atomic E-state index is 4.66. The van der Waals surface area contributed by atoms with Crippen LogP contribution in [-0.2, 0) is 13.0 Å². The van der Waals surface area contributed by atoms with Crippen LogP contribution in [0.5, 0.6) is 0 Å². The summed E-state index contributed by atoms with van der Waals surface area (Å²) in [5.41, 5.74) is 1.53. The number of aliphatic imine (C=N–C) groups is 1. The second kappa shape index (κ2) is 9.08. The van der Waals surface area contributed by atoms with Crippen molar-refractivity contribution in [1.29, 1.82) is 0 Å². The highest BCUT2D eigenvalue weighted by atomic mass is 127. The summed E-state index contributed by atoms with van der Waals surface area (Å²) in [7, 11) is 0. The molecule has 22 heavy (non-hydrogen) atoms. The van der Waals surface area contributed by atoms with Crippen molar-refractivity contribution in [2.24, 2.45) is 10.9 Å². The van der Waals surface area contributed by atoms with E-state index in [-0.39, 0.29) is 24.0 Å². The normalized spacial score (nSPS) is 18.5. The van der Waals surface area contributed by atoms with Gasteiger partial charge < -0.3 is 10.6 Å². The van der Waals surface area contributed by atoms with Gasteiger partial charge in [0.15, 0.2) is 5.96 Å². The topological polar surface area (TPSA) is 39.7 Å². The van der Waals surface area contributed by atoms with E-state index in [9.17, 15) is 0 Å². The van der Waals surface area contributed by atoms with Gasteiger partial charge in [-0.25, -0.2) is 0 Å². The second-order valence-electron chi connectivity index (χ2n) is 5.98. The first-order chi connectivity index (χ1) is 10.3. The number of halogens is 1. The Morgan fingerprint density at radius 2 is 2.27 bits per heavy atom. The van der Waals surface area contributed by atoms with Gasteiger partial charge in [-0.15, -0.1) is 35.3 Å². The molecule has 0 bridgehead atoms. The summed E-state index contributed by atoms with van der Waals surface area (Å²) in [6.45, 7) is 8.38. The fourth-order valence-corrected chi connectivity index (χ4v) is 3.58. The van der Waals surface area contributed by atoms with Crippen molar-refractivity contribution < 1.29 is 0 Å². The molecule has 3 rings (SSSR count). The highest BCUT2D eigenvalue weighted by molar-refractivity contribution is 14.0. The largest absolute Gasteiger partial charge is 0.357 e. The maximum absolute atomic E-state index is 4.66. The van der Waals surface area contributed by atoms with E-state index in [0.29, 0.717) is 0 Å². The number of fused-ring (bicyclic) bond motifs is 1. The molecule has 0 saturated heterocycles. The standard InChI is InChI=1S/C16H26N4S.HI/c1-2-17-16(19-11-13-3-4-13)18-7-9-20-8-5-15-14(12-20)6-10-21-15;/h6,10,13H,2-5,7-9,11-12H2,1H3,(H2,17,18,19);1H. The molecule has 2 N–H and O–H groups in total. The van der Waals surface area contributed by atoms with E-state index in [1.54, 1.807) is 4.88 Å². The Labute approximate surface area is 154 Å². The second-order valence-corrected chi connectivity index (χ2v) is 6.99. The summed E-state index contributed by atoms with van der Waals surface area (Å²) in [5, 5.41) is 9.03. The van der Waals surface area contributed by atoms with Gasteiger partial charge in [0, 0.05) is 44.1 Å².